The second-order valence-corrected chi connectivity index (χ2v) is 6.64. The van der Waals surface area contributed by atoms with Gasteiger partial charge in [0.05, 0.1) is 23.5 Å². The van der Waals surface area contributed by atoms with E-state index in [1.54, 1.807) is 17.0 Å². The molecule has 0 aliphatic heterocycles. The Morgan fingerprint density at radius 1 is 1.20 bits per heavy atom. The van der Waals surface area contributed by atoms with Gasteiger partial charge in [-0.05, 0) is 39.0 Å². The first-order valence-corrected chi connectivity index (χ1v) is 8.96. The van der Waals surface area contributed by atoms with Crippen LogP contribution < -0.4 is 5.32 Å². The number of anilines is 1. The summed E-state index contributed by atoms with van der Waals surface area (Å²) in [4.78, 5) is 21.0. The quantitative estimate of drug-likeness (QED) is 0.730. The molecule has 0 bridgehead atoms. The van der Waals surface area contributed by atoms with Crippen LogP contribution in [-0.2, 0) is 10.5 Å². The Balaban J connectivity index is 1.69. The van der Waals surface area contributed by atoms with E-state index in [2.05, 4.69) is 20.4 Å². The zero-order chi connectivity index (χ0) is 17.8. The first-order chi connectivity index (χ1) is 12.0. The van der Waals surface area contributed by atoms with Crippen molar-refractivity contribution >= 4 is 23.5 Å². The fourth-order valence-electron chi connectivity index (χ4n) is 2.36. The smallest absolute Gasteiger partial charge is 0.252 e. The van der Waals surface area contributed by atoms with Gasteiger partial charge in [0.25, 0.3) is 5.95 Å². The van der Waals surface area contributed by atoms with Gasteiger partial charge in [-0.1, -0.05) is 0 Å². The Kier molecular flexibility index (Phi) is 5.18. The molecule has 0 radical (unpaired) electrons. The number of aryl methyl sites for hydroxylation is 3. The van der Waals surface area contributed by atoms with E-state index in [4.69, 9.17) is 4.42 Å². The standard InChI is InChI=1S/C17H19N5O2S/c1-11-7-12(2)19-17(18-11)22-15(8-13(3)21-22)20-16(23)10-25-9-14-5-4-6-24-14/h4-8H,9-10H2,1-3H3,(H,20,23). The number of amides is 1. The summed E-state index contributed by atoms with van der Waals surface area (Å²) in [5.41, 5.74) is 2.48. The number of nitrogens with one attached hydrogen (secondary N) is 1. The van der Waals surface area contributed by atoms with Gasteiger partial charge in [0.15, 0.2) is 0 Å². The van der Waals surface area contributed by atoms with Crippen molar-refractivity contribution in [2.75, 3.05) is 11.1 Å². The minimum atomic E-state index is -0.109. The van der Waals surface area contributed by atoms with Crippen LogP contribution in [0.15, 0.2) is 34.9 Å². The van der Waals surface area contributed by atoms with Gasteiger partial charge in [-0.15, -0.1) is 11.8 Å². The Morgan fingerprint density at radius 3 is 2.64 bits per heavy atom. The predicted molar refractivity (Wildman–Crippen MR) is 96.9 cm³/mol. The number of thioether (sulfide) groups is 1. The summed E-state index contributed by atoms with van der Waals surface area (Å²) >= 11 is 1.48. The number of nitrogens with zero attached hydrogens (tertiary/aromatic N) is 4. The summed E-state index contributed by atoms with van der Waals surface area (Å²) in [5, 5.41) is 7.27. The number of carbonyl (C=O) groups is 1. The summed E-state index contributed by atoms with van der Waals surface area (Å²) in [6.45, 7) is 5.66. The molecule has 0 spiro atoms. The Labute approximate surface area is 149 Å². The number of hydrogen-bond donors (Lipinski definition) is 1. The summed E-state index contributed by atoms with van der Waals surface area (Å²) < 4.78 is 6.81. The van der Waals surface area contributed by atoms with Gasteiger partial charge in [-0.25, -0.2) is 9.97 Å². The molecule has 0 atom stereocenters. The third kappa shape index (κ3) is 4.48. The third-order valence-corrected chi connectivity index (χ3v) is 4.27. The van der Waals surface area contributed by atoms with Crippen LogP contribution in [0.2, 0.25) is 0 Å². The Hall–Kier alpha value is -2.61. The molecule has 130 valence electrons. The van der Waals surface area contributed by atoms with Crippen LogP contribution >= 0.6 is 11.8 Å². The molecule has 7 nitrogen and oxygen atoms in total. The fraction of sp³-hybridized carbons (Fsp3) is 0.294. The van der Waals surface area contributed by atoms with Gasteiger partial charge >= 0.3 is 0 Å². The van der Waals surface area contributed by atoms with Gasteiger partial charge in [0.1, 0.15) is 11.6 Å². The topological polar surface area (TPSA) is 85.8 Å². The van der Waals surface area contributed by atoms with Crippen molar-refractivity contribution in [1.82, 2.24) is 19.7 Å². The molecule has 0 unspecified atom stereocenters. The molecule has 0 fully saturated rings. The number of hydrogen-bond acceptors (Lipinski definition) is 6. The van der Waals surface area contributed by atoms with Gasteiger partial charge in [-0.2, -0.15) is 9.78 Å². The van der Waals surface area contributed by atoms with Crippen molar-refractivity contribution in [1.29, 1.82) is 0 Å². The van der Waals surface area contributed by atoms with Crippen molar-refractivity contribution in [2.24, 2.45) is 0 Å². The minimum Gasteiger partial charge on any atom is -0.468 e. The van der Waals surface area contributed by atoms with E-state index in [1.807, 2.05) is 39.0 Å². The SMILES string of the molecule is Cc1cc(C)nc(-n2nc(C)cc2NC(=O)CSCc2ccco2)n1. The molecule has 3 aromatic heterocycles. The molecular formula is C17H19N5O2S. The molecule has 3 aromatic rings. The molecule has 0 aromatic carbocycles. The average Bonchev–Trinajstić information content (AvgIpc) is 3.16. The van der Waals surface area contributed by atoms with Crippen molar-refractivity contribution in [3.05, 3.63) is 53.4 Å². The van der Waals surface area contributed by atoms with E-state index >= 15 is 0 Å². The summed E-state index contributed by atoms with van der Waals surface area (Å²) in [7, 11) is 0. The lowest BCUT2D eigenvalue weighted by Crippen LogP contribution is -2.18. The number of aromatic nitrogens is 4. The molecule has 3 rings (SSSR count). The fourth-order valence-corrected chi connectivity index (χ4v) is 3.09. The highest BCUT2D eigenvalue weighted by molar-refractivity contribution is 7.99. The van der Waals surface area contributed by atoms with E-state index in [9.17, 15) is 4.79 Å². The van der Waals surface area contributed by atoms with E-state index < -0.39 is 0 Å². The molecule has 0 saturated heterocycles. The first kappa shape index (κ1) is 17.2. The summed E-state index contributed by atoms with van der Waals surface area (Å²) in [6.07, 6.45) is 1.63. The number of furan rings is 1. The third-order valence-electron chi connectivity index (χ3n) is 3.32. The lowest BCUT2D eigenvalue weighted by molar-refractivity contribution is -0.113. The van der Waals surface area contributed by atoms with Crippen LogP contribution in [0.5, 0.6) is 0 Å². The maximum atomic E-state index is 12.2. The first-order valence-electron chi connectivity index (χ1n) is 7.80. The molecule has 1 N–H and O–H groups in total. The number of carbonyl (C=O) groups excluding carboxylic acids is 1. The lowest BCUT2D eigenvalue weighted by Gasteiger charge is -2.08. The second kappa shape index (κ2) is 7.52. The normalized spacial score (nSPS) is 10.8. The molecule has 3 heterocycles. The summed E-state index contributed by atoms with van der Waals surface area (Å²) in [6, 6.07) is 7.42. The Bertz CT molecular complexity index is 853. The Morgan fingerprint density at radius 2 is 1.96 bits per heavy atom. The van der Waals surface area contributed by atoms with E-state index in [0.29, 0.717) is 23.3 Å². The van der Waals surface area contributed by atoms with Crippen molar-refractivity contribution < 1.29 is 9.21 Å². The van der Waals surface area contributed by atoms with E-state index in [-0.39, 0.29) is 5.91 Å². The van der Waals surface area contributed by atoms with Gasteiger partial charge in [-0.3, -0.25) is 4.79 Å². The van der Waals surface area contributed by atoms with Crippen LogP contribution in [0.3, 0.4) is 0 Å². The lowest BCUT2D eigenvalue weighted by atomic mass is 10.4. The highest BCUT2D eigenvalue weighted by Crippen LogP contribution is 2.17. The number of rotatable bonds is 6. The van der Waals surface area contributed by atoms with Crippen molar-refractivity contribution in [3.8, 4) is 5.95 Å². The van der Waals surface area contributed by atoms with Crippen LogP contribution in [0.4, 0.5) is 5.82 Å². The molecule has 8 heteroatoms. The molecular weight excluding hydrogens is 338 g/mol. The molecule has 0 aliphatic carbocycles. The highest BCUT2D eigenvalue weighted by atomic mass is 32.2. The maximum absolute atomic E-state index is 12.2. The van der Waals surface area contributed by atoms with E-state index in [1.165, 1.54) is 11.8 Å². The monoisotopic (exact) mass is 357 g/mol. The van der Waals surface area contributed by atoms with E-state index in [0.717, 1.165) is 22.8 Å². The molecule has 0 saturated carbocycles. The second-order valence-electron chi connectivity index (χ2n) is 5.65. The molecule has 0 aliphatic rings. The highest BCUT2D eigenvalue weighted by Gasteiger charge is 2.14. The molecule has 25 heavy (non-hydrogen) atoms. The predicted octanol–water partition coefficient (Wildman–Crippen LogP) is 3.05. The van der Waals surface area contributed by atoms with Crippen LogP contribution in [0.25, 0.3) is 5.95 Å². The van der Waals surface area contributed by atoms with Gasteiger partial charge in [0, 0.05) is 17.5 Å². The van der Waals surface area contributed by atoms with Crippen LogP contribution in [0.1, 0.15) is 22.8 Å². The molecule has 1 amide bonds. The summed E-state index contributed by atoms with van der Waals surface area (Å²) in [5.74, 6) is 2.72. The average molecular weight is 357 g/mol. The van der Waals surface area contributed by atoms with Gasteiger partial charge < -0.3 is 9.73 Å². The maximum Gasteiger partial charge on any atom is 0.252 e. The van der Waals surface area contributed by atoms with Crippen molar-refractivity contribution in [2.45, 2.75) is 26.5 Å². The van der Waals surface area contributed by atoms with Crippen molar-refractivity contribution in [3.63, 3.8) is 0 Å². The van der Waals surface area contributed by atoms with Gasteiger partial charge in [0.2, 0.25) is 5.91 Å². The largest absolute Gasteiger partial charge is 0.468 e. The minimum absolute atomic E-state index is 0.109. The van der Waals surface area contributed by atoms with Crippen LogP contribution in [0, 0.1) is 20.8 Å². The zero-order valence-corrected chi connectivity index (χ0v) is 15.1. The van der Waals surface area contributed by atoms with Crippen LogP contribution in [-0.4, -0.2) is 31.4 Å². The zero-order valence-electron chi connectivity index (χ0n) is 14.3.